The van der Waals surface area contributed by atoms with Crippen molar-refractivity contribution in [1.29, 1.82) is 0 Å². The Balaban J connectivity index is 0.00000392. The molecule has 10 heteroatoms. The van der Waals surface area contributed by atoms with E-state index in [1.165, 1.54) is 0 Å². The summed E-state index contributed by atoms with van der Waals surface area (Å²) >= 11 is 11.9. The van der Waals surface area contributed by atoms with Crippen molar-refractivity contribution in [2.24, 2.45) is 4.99 Å². The van der Waals surface area contributed by atoms with Gasteiger partial charge in [0.25, 0.3) is 0 Å². The predicted octanol–water partition coefficient (Wildman–Crippen LogP) is 3.80. The molecule has 0 spiro atoms. The van der Waals surface area contributed by atoms with E-state index in [4.69, 9.17) is 32.7 Å². The quantitative estimate of drug-likeness (QED) is 0.205. The second-order valence-corrected chi connectivity index (χ2v) is 6.30. The Hall–Kier alpha value is -1.65. The number of nitrogens with one attached hydrogen (secondary N) is 3. The SMILES string of the molecule is CN=C(NCCNc1ncc(Cl)cc1Cl)NCc1ccc(OC)c(OC)c1.I. The minimum Gasteiger partial charge on any atom is -0.493 e. The molecule has 0 amide bonds. The number of hydrogen-bond acceptors (Lipinski definition) is 5. The van der Waals surface area contributed by atoms with Crippen molar-refractivity contribution < 1.29 is 9.47 Å². The zero-order valence-corrected chi connectivity index (χ0v) is 19.7. The van der Waals surface area contributed by atoms with E-state index in [9.17, 15) is 0 Å². The number of anilines is 1. The summed E-state index contributed by atoms with van der Waals surface area (Å²) in [5, 5.41) is 10.6. The number of methoxy groups -OCH3 is 2. The zero-order chi connectivity index (χ0) is 19.6. The molecular weight excluding hydrogens is 516 g/mol. The summed E-state index contributed by atoms with van der Waals surface area (Å²) in [5.74, 6) is 2.67. The molecule has 0 saturated carbocycles. The Bertz CT molecular complexity index is 793. The van der Waals surface area contributed by atoms with E-state index in [0.717, 1.165) is 5.56 Å². The first kappa shape index (κ1) is 24.4. The number of halogens is 3. The zero-order valence-electron chi connectivity index (χ0n) is 15.9. The molecule has 2 aromatic rings. The molecule has 0 fully saturated rings. The molecular formula is C18H24Cl2IN5O2. The Morgan fingerprint density at radius 3 is 2.46 bits per heavy atom. The van der Waals surface area contributed by atoms with Gasteiger partial charge < -0.3 is 25.4 Å². The smallest absolute Gasteiger partial charge is 0.191 e. The fourth-order valence-electron chi connectivity index (χ4n) is 2.30. The van der Waals surface area contributed by atoms with Gasteiger partial charge in [-0.3, -0.25) is 4.99 Å². The average Bonchev–Trinajstić information content (AvgIpc) is 2.68. The van der Waals surface area contributed by atoms with Gasteiger partial charge in [-0.1, -0.05) is 29.3 Å². The lowest BCUT2D eigenvalue weighted by Gasteiger charge is -2.14. The number of hydrogen-bond donors (Lipinski definition) is 3. The molecule has 1 aromatic carbocycles. The van der Waals surface area contributed by atoms with E-state index < -0.39 is 0 Å². The number of benzene rings is 1. The lowest BCUT2D eigenvalue weighted by atomic mass is 10.2. The fraction of sp³-hybridized carbons (Fsp3) is 0.333. The summed E-state index contributed by atoms with van der Waals surface area (Å²) in [4.78, 5) is 8.36. The molecule has 28 heavy (non-hydrogen) atoms. The van der Waals surface area contributed by atoms with E-state index >= 15 is 0 Å². The summed E-state index contributed by atoms with van der Waals surface area (Å²) in [6, 6.07) is 7.42. The predicted molar refractivity (Wildman–Crippen MR) is 126 cm³/mol. The molecule has 0 bridgehead atoms. The van der Waals surface area contributed by atoms with Crippen LogP contribution in [-0.4, -0.2) is 45.3 Å². The highest BCUT2D eigenvalue weighted by atomic mass is 127. The highest BCUT2D eigenvalue weighted by Crippen LogP contribution is 2.27. The van der Waals surface area contributed by atoms with Crippen molar-refractivity contribution in [2.45, 2.75) is 6.54 Å². The second kappa shape index (κ2) is 12.7. The number of nitrogens with zero attached hydrogens (tertiary/aromatic N) is 2. The van der Waals surface area contributed by atoms with Crippen LogP contribution in [0.3, 0.4) is 0 Å². The summed E-state index contributed by atoms with van der Waals surface area (Å²) in [7, 11) is 4.95. The number of aromatic nitrogens is 1. The number of ether oxygens (including phenoxy) is 2. The minimum atomic E-state index is 0. The molecule has 0 aliphatic rings. The molecule has 3 N–H and O–H groups in total. The lowest BCUT2D eigenvalue weighted by Crippen LogP contribution is -2.39. The maximum Gasteiger partial charge on any atom is 0.191 e. The van der Waals surface area contributed by atoms with Crippen LogP contribution in [0.5, 0.6) is 11.5 Å². The maximum absolute atomic E-state index is 6.08. The first-order valence-electron chi connectivity index (χ1n) is 8.27. The van der Waals surface area contributed by atoms with Crippen molar-refractivity contribution >= 4 is 59.0 Å². The van der Waals surface area contributed by atoms with Gasteiger partial charge in [-0.05, 0) is 23.8 Å². The standard InChI is InChI=1S/C18H23Cl2N5O2.HI/c1-21-18(23-7-6-22-17-14(20)9-13(19)11-24-17)25-10-12-4-5-15(26-2)16(8-12)27-3;/h4-5,8-9,11H,6-7,10H2,1-3H3,(H,22,24)(H2,21,23,25);1H. The normalized spacial score (nSPS) is 10.7. The molecule has 0 radical (unpaired) electrons. The van der Waals surface area contributed by atoms with Gasteiger partial charge in [0.05, 0.1) is 24.3 Å². The highest BCUT2D eigenvalue weighted by Gasteiger charge is 2.06. The van der Waals surface area contributed by atoms with E-state index in [-0.39, 0.29) is 24.0 Å². The molecule has 2 rings (SSSR count). The van der Waals surface area contributed by atoms with E-state index in [0.29, 0.717) is 53.0 Å². The molecule has 0 aliphatic heterocycles. The number of pyridine rings is 1. The van der Waals surface area contributed by atoms with Crippen LogP contribution in [0.2, 0.25) is 10.0 Å². The third-order valence-electron chi connectivity index (χ3n) is 3.65. The van der Waals surface area contributed by atoms with Crippen molar-refractivity contribution in [3.05, 3.63) is 46.1 Å². The van der Waals surface area contributed by atoms with Gasteiger partial charge in [0.1, 0.15) is 5.82 Å². The van der Waals surface area contributed by atoms with Crippen molar-refractivity contribution in [2.75, 3.05) is 39.7 Å². The van der Waals surface area contributed by atoms with Gasteiger partial charge >= 0.3 is 0 Å². The molecule has 0 atom stereocenters. The molecule has 154 valence electrons. The van der Waals surface area contributed by atoms with Gasteiger partial charge in [0.2, 0.25) is 0 Å². The first-order chi connectivity index (χ1) is 13.1. The summed E-state index contributed by atoms with van der Waals surface area (Å²) in [5.41, 5.74) is 1.05. The highest BCUT2D eigenvalue weighted by molar-refractivity contribution is 14.0. The van der Waals surface area contributed by atoms with Crippen LogP contribution in [0.25, 0.3) is 0 Å². The average molecular weight is 540 g/mol. The number of rotatable bonds is 8. The van der Waals surface area contributed by atoms with Crippen LogP contribution >= 0.6 is 47.2 Å². The first-order valence-corrected chi connectivity index (χ1v) is 9.03. The summed E-state index contributed by atoms with van der Waals surface area (Å²) in [6.45, 7) is 1.84. The van der Waals surface area contributed by atoms with Gasteiger partial charge in [-0.25, -0.2) is 4.98 Å². The molecule has 0 saturated heterocycles. The summed E-state index contributed by atoms with van der Waals surface area (Å²) in [6.07, 6.45) is 1.55. The van der Waals surface area contributed by atoms with Crippen LogP contribution in [0, 0.1) is 0 Å². The van der Waals surface area contributed by atoms with E-state index in [2.05, 4.69) is 25.9 Å². The Morgan fingerprint density at radius 2 is 1.82 bits per heavy atom. The van der Waals surface area contributed by atoms with Crippen LogP contribution in [0.4, 0.5) is 5.82 Å². The van der Waals surface area contributed by atoms with Gasteiger partial charge in [-0.2, -0.15) is 0 Å². The molecule has 0 aliphatic carbocycles. The summed E-state index contributed by atoms with van der Waals surface area (Å²) < 4.78 is 10.6. The van der Waals surface area contributed by atoms with Gasteiger partial charge in [0.15, 0.2) is 17.5 Å². The van der Waals surface area contributed by atoms with Crippen LogP contribution in [0.1, 0.15) is 5.56 Å². The largest absolute Gasteiger partial charge is 0.493 e. The van der Waals surface area contributed by atoms with Crippen LogP contribution in [0.15, 0.2) is 35.5 Å². The van der Waals surface area contributed by atoms with E-state index in [1.807, 2.05) is 18.2 Å². The van der Waals surface area contributed by atoms with Gasteiger partial charge in [0, 0.05) is 32.9 Å². The fourth-order valence-corrected chi connectivity index (χ4v) is 2.75. The topological polar surface area (TPSA) is 79.8 Å². The van der Waals surface area contributed by atoms with Crippen LogP contribution in [-0.2, 0) is 6.54 Å². The maximum atomic E-state index is 6.08. The minimum absolute atomic E-state index is 0. The monoisotopic (exact) mass is 539 g/mol. The Morgan fingerprint density at radius 1 is 1.07 bits per heavy atom. The Kier molecular flexibility index (Phi) is 11.1. The lowest BCUT2D eigenvalue weighted by molar-refractivity contribution is 0.354. The molecule has 7 nitrogen and oxygen atoms in total. The third-order valence-corrected chi connectivity index (χ3v) is 4.14. The van der Waals surface area contributed by atoms with Gasteiger partial charge in [-0.15, -0.1) is 24.0 Å². The Labute approximate surface area is 192 Å². The molecule has 0 unspecified atom stereocenters. The van der Waals surface area contributed by atoms with Crippen molar-refractivity contribution in [3.63, 3.8) is 0 Å². The van der Waals surface area contributed by atoms with E-state index in [1.54, 1.807) is 33.5 Å². The second-order valence-electron chi connectivity index (χ2n) is 5.45. The molecule has 1 aromatic heterocycles. The van der Waals surface area contributed by atoms with Crippen molar-refractivity contribution in [3.8, 4) is 11.5 Å². The molecule has 1 heterocycles. The number of aliphatic imine (C=N–C) groups is 1. The van der Waals surface area contributed by atoms with Crippen LogP contribution < -0.4 is 25.4 Å². The van der Waals surface area contributed by atoms with Crippen molar-refractivity contribution in [1.82, 2.24) is 15.6 Å². The number of guanidine groups is 1. The third kappa shape index (κ3) is 7.40.